The summed E-state index contributed by atoms with van der Waals surface area (Å²) in [6.07, 6.45) is 0. The second kappa shape index (κ2) is 4.26. The summed E-state index contributed by atoms with van der Waals surface area (Å²) in [6, 6.07) is 10.8. The molecule has 3 aromatic rings. The lowest BCUT2D eigenvalue weighted by atomic mass is 10.2. The molecule has 1 aromatic carbocycles. The van der Waals surface area contributed by atoms with Crippen molar-refractivity contribution in [3.8, 4) is 0 Å². The number of thiophene rings is 1. The van der Waals surface area contributed by atoms with Crippen LogP contribution in [0.25, 0.3) is 11.0 Å². The van der Waals surface area contributed by atoms with Crippen LogP contribution >= 0.6 is 22.9 Å². The predicted octanol–water partition coefficient (Wildman–Crippen LogP) is 4.69. The summed E-state index contributed by atoms with van der Waals surface area (Å²) in [4.78, 5) is 14.0. The Hall–Kier alpha value is -1.58. The van der Waals surface area contributed by atoms with E-state index in [4.69, 9.17) is 16.0 Å². The normalized spacial score (nSPS) is 11.0. The van der Waals surface area contributed by atoms with E-state index in [1.54, 1.807) is 24.3 Å². The molecule has 4 heteroatoms. The molecule has 2 heterocycles. The van der Waals surface area contributed by atoms with Gasteiger partial charge in [-0.3, -0.25) is 4.79 Å². The van der Waals surface area contributed by atoms with Crippen LogP contribution in [0.2, 0.25) is 5.02 Å². The highest BCUT2D eigenvalue weighted by Crippen LogP contribution is 2.28. The van der Waals surface area contributed by atoms with E-state index < -0.39 is 0 Å². The van der Waals surface area contributed by atoms with E-state index in [2.05, 4.69) is 0 Å². The lowest BCUT2D eigenvalue weighted by Crippen LogP contribution is -1.95. The second-order valence-electron chi connectivity index (χ2n) is 4.00. The summed E-state index contributed by atoms with van der Waals surface area (Å²) < 4.78 is 5.55. The minimum Gasteiger partial charge on any atom is -0.452 e. The summed E-state index contributed by atoms with van der Waals surface area (Å²) in [5.74, 6) is 0.236. The van der Waals surface area contributed by atoms with Gasteiger partial charge in [0, 0.05) is 10.3 Å². The highest BCUT2D eigenvalue weighted by Gasteiger charge is 2.17. The molecule has 0 saturated carbocycles. The van der Waals surface area contributed by atoms with Crippen molar-refractivity contribution in [2.75, 3.05) is 0 Å². The van der Waals surface area contributed by atoms with Crippen LogP contribution < -0.4 is 0 Å². The molecule has 0 radical (unpaired) electrons. The number of rotatable bonds is 2. The van der Waals surface area contributed by atoms with Crippen LogP contribution in [0.15, 0.2) is 40.8 Å². The van der Waals surface area contributed by atoms with Gasteiger partial charge in [0.25, 0.3) is 0 Å². The third-order valence-electron chi connectivity index (χ3n) is 2.70. The topological polar surface area (TPSA) is 30.2 Å². The van der Waals surface area contributed by atoms with Gasteiger partial charge in [-0.25, -0.2) is 0 Å². The molecular weight excluding hydrogens is 268 g/mol. The van der Waals surface area contributed by atoms with Crippen molar-refractivity contribution in [3.05, 3.63) is 56.9 Å². The van der Waals surface area contributed by atoms with Crippen molar-refractivity contribution in [1.29, 1.82) is 0 Å². The van der Waals surface area contributed by atoms with Crippen LogP contribution in [0.5, 0.6) is 0 Å². The van der Waals surface area contributed by atoms with Crippen molar-refractivity contribution in [2.24, 2.45) is 0 Å². The molecule has 0 aliphatic rings. The fraction of sp³-hybridized carbons (Fsp3) is 0.0714. The molecule has 0 unspecified atom stereocenters. The van der Waals surface area contributed by atoms with Gasteiger partial charge in [0.1, 0.15) is 5.58 Å². The maximum Gasteiger partial charge on any atom is 0.238 e. The number of fused-ring (bicyclic) bond motifs is 1. The van der Waals surface area contributed by atoms with Gasteiger partial charge in [-0.2, -0.15) is 0 Å². The van der Waals surface area contributed by atoms with Gasteiger partial charge >= 0.3 is 0 Å². The Morgan fingerprint density at radius 3 is 2.78 bits per heavy atom. The first-order chi connectivity index (χ1) is 8.65. The Balaban J connectivity index is 2.10. The monoisotopic (exact) mass is 276 g/mol. The van der Waals surface area contributed by atoms with Crippen LogP contribution in [-0.2, 0) is 0 Å². The van der Waals surface area contributed by atoms with Crippen LogP contribution in [0.3, 0.4) is 0 Å². The first-order valence-corrected chi connectivity index (χ1v) is 6.64. The number of furan rings is 1. The van der Waals surface area contributed by atoms with E-state index in [0.717, 1.165) is 10.3 Å². The summed E-state index contributed by atoms with van der Waals surface area (Å²) in [6.45, 7) is 1.97. The third-order valence-corrected chi connectivity index (χ3v) is 4.03. The molecule has 0 saturated heterocycles. The zero-order valence-corrected chi connectivity index (χ0v) is 11.1. The second-order valence-corrected chi connectivity index (χ2v) is 5.70. The number of halogens is 1. The highest BCUT2D eigenvalue weighted by atomic mass is 35.5. The molecule has 0 atom stereocenters. The maximum absolute atomic E-state index is 12.2. The van der Waals surface area contributed by atoms with Crippen molar-refractivity contribution in [1.82, 2.24) is 0 Å². The van der Waals surface area contributed by atoms with Crippen LogP contribution in [0.4, 0.5) is 0 Å². The number of hydrogen-bond acceptors (Lipinski definition) is 3. The standard InChI is InChI=1S/C14H9ClO2S/c1-8-5-6-13(18-8)14(16)12-7-9-10(15)3-2-4-11(9)17-12/h2-7H,1H3. The molecule has 2 aromatic heterocycles. The first kappa shape index (κ1) is 11.5. The Labute approximate surface area is 113 Å². The van der Waals surface area contributed by atoms with Crippen molar-refractivity contribution in [2.45, 2.75) is 6.92 Å². The maximum atomic E-state index is 12.2. The molecule has 0 N–H and O–H groups in total. The fourth-order valence-corrected chi connectivity index (χ4v) is 2.85. The third kappa shape index (κ3) is 1.85. The number of ketones is 1. The highest BCUT2D eigenvalue weighted by molar-refractivity contribution is 7.14. The summed E-state index contributed by atoms with van der Waals surface area (Å²) >= 11 is 7.52. The molecular formula is C14H9ClO2S. The van der Waals surface area contributed by atoms with E-state index >= 15 is 0 Å². The molecule has 0 aliphatic heterocycles. The van der Waals surface area contributed by atoms with Gasteiger partial charge in [-0.05, 0) is 37.3 Å². The van der Waals surface area contributed by atoms with Crippen LogP contribution in [0, 0.1) is 6.92 Å². The van der Waals surface area contributed by atoms with Crippen molar-refractivity contribution in [3.63, 3.8) is 0 Å². The smallest absolute Gasteiger partial charge is 0.238 e. The number of hydrogen-bond donors (Lipinski definition) is 0. The molecule has 0 fully saturated rings. The zero-order chi connectivity index (χ0) is 12.7. The van der Waals surface area contributed by atoms with Gasteiger partial charge in [0.2, 0.25) is 5.78 Å². The van der Waals surface area contributed by atoms with E-state index in [-0.39, 0.29) is 5.78 Å². The number of aryl methyl sites for hydroxylation is 1. The van der Waals surface area contributed by atoms with E-state index in [1.165, 1.54) is 11.3 Å². The van der Waals surface area contributed by atoms with Crippen molar-refractivity contribution >= 4 is 39.7 Å². The zero-order valence-electron chi connectivity index (χ0n) is 9.57. The van der Waals surface area contributed by atoms with E-state index in [1.807, 2.05) is 19.1 Å². The summed E-state index contributed by atoms with van der Waals surface area (Å²) in [5, 5.41) is 1.37. The predicted molar refractivity (Wildman–Crippen MR) is 73.7 cm³/mol. The molecule has 2 nitrogen and oxygen atoms in total. The average molecular weight is 277 g/mol. The van der Waals surface area contributed by atoms with Gasteiger partial charge < -0.3 is 4.42 Å². The molecule has 0 aliphatic carbocycles. The number of benzene rings is 1. The largest absolute Gasteiger partial charge is 0.452 e. The summed E-state index contributed by atoms with van der Waals surface area (Å²) in [7, 11) is 0. The number of carbonyl (C=O) groups is 1. The fourth-order valence-electron chi connectivity index (χ4n) is 1.82. The minimum absolute atomic E-state index is 0.0969. The Morgan fingerprint density at radius 2 is 2.11 bits per heavy atom. The lowest BCUT2D eigenvalue weighted by Gasteiger charge is -1.90. The molecule has 90 valence electrons. The van der Waals surface area contributed by atoms with Crippen LogP contribution in [0.1, 0.15) is 20.3 Å². The van der Waals surface area contributed by atoms with Crippen molar-refractivity contribution < 1.29 is 9.21 Å². The van der Waals surface area contributed by atoms with E-state index in [9.17, 15) is 4.79 Å². The average Bonchev–Trinajstić information content (AvgIpc) is 2.95. The van der Waals surface area contributed by atoms with E-state index in [0.29, 0.717) is 21.2 Å². The van der Waals surface area contributed by atoms with Gasteiger partial charge in [-0.15, -0.1) is 11.3 Å². The molecule has 3 rings (SSSR count). The molecule has 18 heavy (non-hydrogen) atoms. The Morgan fingerprint density at radius 1 is 1.28 bits per heavy atom. The van der Waals surface area contributed by atoms with Gasteiger partial charge in [0.15, 0.2) is 5.76 Å². The van der Waals surface area contributed by atoms with Gasteiger partial charge in [-0.1, -0.05) is 17.7 Å². The van der Waals surface area contributed by atoms with Gasteiger partial charge in [0.05, 0.1) is 9.90 Å². The molecule has 0 spiro atoms. The Kier molecular flexibility index (Phi) is 2.73. The first-order valence-electron chi connectivity index (χ1n) is 5.44. The Bertz CT molecular complexity index is 739. The minimum atomic E-state index is -0.0969. The lowest BCUT2D eigenvalue weighted by molar-refractivity contribution is 0.101. The molecule has 0 amide bonds. The SMILES string of the molecule is Cc1ccc(C(=O)c2cc3c(Cl)cccc3o2)s1. The summed E-state index contributed by atoms with van der Waals surface area (Å²) in [5.41, 5.74) is 0.638. The number of carbonyl (C=O) groups excluding carboxylic acids is 1. The molecule has 0 bridgehead atoms. The van der Waals surface area contributed by atoms with Crippen LogP contribution in [-0.4, -0.2) is 5.78 Å². The quantitative estimate of drug-likeness (QED) is 0.636.